The number of nitrogens with zero attached hydrogens (tertiary/aromatic N) is 2. The molecule has 0 radical (unpaired) electrons. The van der Waals surface area contributed by atoms with Crippen molar-refractivity contribution in [2.45, 2.75) is 19.9 Å². The molecule has 2 N–H and O–H groups in total. The number of halogens is 2. The average molecular weight is 267 g/mol. The van der Waals surface area contributed by atoms with Crippen LogP contribution < -0.4 is 5.32 Å². The largest absolute Gasteiger partial charge is 0.503 e. The Balaban J connectivity index is 2.14. The topological polar surface area (TPSA) is 50.1 Å². The molecule has 0 bridgehead atoms. The maximum atomic E-state index is 13.2. The summed E-state index contributed by atoms with van der Waals surface area (Å²) in [7, 11) is 1.81. The normalized spacial score (nSPS) is 10.7. The minimum absolute atomic E-state index is 0.257. The van der Waals surface area contributed by atoms with E-state index in [9.17, 15) is 8.78 Å². The predicted molar refractivity (Wildman–Crippen MR) is 67.9 cm³/mol. The van der Waals surface area contributed by atoms with E-state index in [1.807, 2.05) is 20.2 Å². The van der Waals surface area contributed by atoms with E-state index in [1.165, 1.54) is 0 Å². The molecule has 19 heavy (non-hydrogen) atoms. The molecule has 6 heteroatoms. The Bertz CT molecular complexity index is 573. The van der Waals surface area contributed by atoms with Gasteiger partial charge in [-0.3, -0.25) is 4.68 Å². The Kier molecular flexibility index (Phi) is 3.69. The van der Waals surface area contributed by atoms with E-state index in [-0.39, 0.29) is 6.54 Å². The van der Waals surface area contributed by atoms with Crippen LogP contribution in [0.25, 0.3) is 0 Å². The van der Waals surface area contributed by atoms with Gasteiger partial charge in [0.25, 0.3) is 0 Å². The Morgan fingerprint density at radius 1 is 1.32 bits per heavy atom. The Hall–Kier alpha value is -2.11. The smallest absolute Gasteiger partial charge is 0.187 e. The van der Waals surface area contributed by atoms with Gasteiger partial charge in [-0.25, -0.2) is 8.78 Å². The second-order valence-electron chi connectivity index (χ2n) is 4.28. The van der Waals surface area contributed by atoms with Crippen LogP contribution in [0.5, 0.6) is 5.75 Å². The van der Waals surface area contributed by atoms with Crippen LogP contribution in [-0.4, -0.2) is 14.9 Å². The van der Waals surface area contributed by atoms with E-state index < -0.39 is 17.4 Å². The van der Waals surface area contributed by atoms with Crippen LogP contribution in [0, 0.1) is 11.6 Å². The van der Waals surface area contributed by atoms with Gasteiger partial charge in [-0.2, -0.15) is 5.10 Å². The second kappa shape index (κ2) is 5.26. The van der Waals surface area contributed by atoms with Crippen LogP contribution in [0.15, 0.2) is 18.3 Å². The van der Waals surface area contributed by atoms with Gasteiger partial charge in [0.05, 0.1) is 11.4 Å². The lowest BCUT2D eigenvalue weighted by atomic mass is 10.2. The highest BCUT2D eigenvalue weighted by Crippen LogP contribution is 2.22. The first kappa shape index (κ1) is 13.3. The third-order valence-corrected chi connectivity index (χ3v) is 2.80. The second-order valence-corrected chi connectivity index (χ2v) is 4.28. The van der Waals surface area contributed by atoms with Gasteiger partial charge in [0, 0.05) is 19.8 Å². The summed E-state index contributed by atoms with van der Waals surface area (Å²) < 4.78 is 28.0. The molecule has 2 rings (SSSR count). The fourth-order valence-electron chi connectivity index (χ4n) is 1.86. The number of hydrogen-bond donors (Lipinski definition) is 2. The summed E-state index contributed by atoms with van der Waals surface area (Å²) in [4.78, 5) is 0. The van der Waals surface area contributed by atoms with Crippen molar-refractivity contribution in [2.24, 2.45) is 7.05 Å². The summed E-state index contributed by atoms with van der Waals surface area (Å²) in [6.07, 6.45) is 2.58. The minimum Gasteiger partial charge on any atom is -0.503 e. The molecule has 4 nitrogen and oxygen atoms in total. The Morgan fingerprint density at radius 2 is 1.95 bits per heavy atom. The van der Waals surface area contributed by atoms with Crippen molar-refractivity contribution in [1.29, 1.82) is 0 Å². The monoisotopic (exact) mass is 267 g/mol. The van der Waals surface area contributed by atoms with Crippen molar-refractivity contribution in [3.8, 4) is 5.75 Å². The zero-order valence-electron chi connectivity index (χ0n) is 10.7. The van der Waals surface area contributed by atoms with Gasteiger partial charge in [0.1, 0.15) is 0 Å². The van der Waals surface area contributed by atoms with Crippen molar-refractivity contribution in [3.63, 3.8) is 0 Å². The lowest BCUT2D eigenvalue weighted by Gasteiger charge is -2.07. The number of aryl methyl sites for hydroxylation is 2. The molecule has 1 aromatic heterocycles. The number of phenolic OH excluding ortho intramolecular Hbond substituents is 1. The summed E-state index contributed by atoms with van der Waals surface area (Å²) in [5.74, 6) is -2.86. The van der Waals surface area contributed by atoms with E-state index in [1.54, 1.807) is 4.68 Å². The Labute approximate surface area is 109 Å². The molecule has 0 aliphatic heterocycles. The molecule has 0 spiro atoms. The zero-order chi connectivity index (χ0) is 14.0. The SMILES string of the molecule is CCc1nn(C)cc1NCc1cc(F)c(O)c(F)c1. The van der Waals surface area contributed by atoms with Crippen LogP contribution in [0.4, 0.5) is 14.5 Å². The number of hydrogen-bond acceptors (Lipinski definition) is 3. The first-order valence-corrected chi connectivity index (χ1v) is 5.94. The first-order valence-electron chi connectivity index (χ1n) is 5.94. The van der Waals surface area contributed by atoms with Gasteiger partial charge in [-0.05, 0) is 24.1 Å². The van der Waals surface area contributed by atoms with Gasteiger partial charge in [0.15, 0.2) is 17.4 Å². The molecule has 0 amide bonds. The van der Waals surface area contributed by atoms with E-state index >= 15 is 0 Å². The van der Waals surface area contributed by atoms with Gasteiger partial charge < -0.3 is 10.4 Å². The first-order chi connectivity index (χ1) is 9.01. The third kappa shape index (κ3) is 2.83. The summed E-state index contributed by atoms with van der Waals surface area (Å²) in [6.45, 7) is 2.24. The molecular formula is C13H15F2N3O. The fraction of sp³-hybridized carbons (Fsp3) is 0.308. The van der Waals surface area contributed by atoms with Crippen LogP contribution in [-0.2, 0) is 20.0 Å². The molecule has 1 aromatic carbocycles. The molecule has 0 atom stereocenters. The summed E-state index contributed by atoms with van der Waals surface area (Å²) in [5.41, 5.74) is 2.14. The maximum absolute atomic E-state index is 13.2. The molecular weight excluding hydrogens is 252 g/mol. The van der Waals surface area contributed by atoms with Gasteiger partial charge >= 0.3 is 0 Å². The van der Waals surface area contributed by atoms with Crippen LogP contribution in [0.2, 0.25) is 0 Å². The zero-order valence-corrected chi connectivity index (χ0v) is 10.7. The molecule has 0 aliphatic rings. The standard InChI is InChI=1S/C13H15F2N3O/c1-3-11-12(7-18(2)17-11)16-6-8-4-9(14)13(19)10(15)5-8/h4-5,7,16,19H,3,6H2,1-2H3. The quantitative estimate of drug-likeness (QED) is 0.895. The van der Waals surface area contributed by atoms with Crippen molar-refractivity contribution in [1.82, 2.24) is 9.78 Å². The van der Waals surface area contributed by atoms with Gasteiger partial charge in [-0.15, -0.1) is 0 Å². The molecule has 0 aliphatic carbocycles. The lowest BCUT2D eigenvalue weighted by molar-refractivity contribution is 0.395. The highest BCUT2D eigenvalue weighted by Gasteiger charge is 2.10. The summed E-state index contributed by atoms with van der Waals surface area (Å²) >= 11 is 0. The molecule has 0 fully saturated rings. The molecule has 0 unspecified atom stereocenters. The average Bonchev–Trinajstić information content (AvgIpc) is 2.73. The number of aromatic hydroxyl groups is 1. The van der Waals surface area contributed by atoms with E-state index in [4.69, 9.17) is 5.11 Å². The number of anilines is 1. The van der Waals surface area contributed by atoms with Crippen molar-refractivity contribution in [3.05, 3.63) is 41.2 Å². The highest BCUT2D eigenvalue weighted by molar-refractivity contribution is 5.47. The highest BCUT2D eigenvalue weighted by atomic mass is 19.1. The lowest BCUT2D eigenvalue weighted by Crippen LogP contribution is -2.02. The molecule has 102 valence electrons. The van der Waals surface area contributed by atoms with Crippen molar-refractivity contribution in [2.75, 3.05) is 5.32 Å². The number of phenols is 1. The van der Waals surface area contributed by atoms with Gasteiger partial charge in [-0.1, -0.05) is 6.92 Å². The number of nitrogens with one attached hydrogen (secondary N) is 1. The van der Waals surface area contributed by atoms with Gasteiger partial charge in [0.2, 0.25) is 0 Å². The van der Waals surface area contributed by atoms with Crippen LogP contribution in [0.3, 0.4) is 0 Å². The summed E-state index contributed by atoms with van der Waals surface area (Å²) in [5, 5.41) is 16.4. The van der Waals surface area contributed by atoms with E-state index in [2.05, 4.69) is 10.4 Å². The molecule has 0 saturated heterocycles. The minimum atomic E-state index is -0.960. The van der Waals surface area contributed by atoms with Crippen molar-refractivity contribution >= 4 is 5.69 Å². The third-order valence-electron chi connectivity index (χ3n) is 2.80. The van der Waals surface area contributed by atoms with E-state index in [0.29, 0.717) is 5.56 Å². The fourth-order valence-corrected chi connectivity index (χ4v) is 1.86. The molecule has 2 aromatic rings. The molecule has 0 saturated carbocycles. The Morgan fingerprint density at radius 3 is 2.53 bits per heavy atom. The van der Waals surface area contributed by atoms with Crippen LogP contribution >= 0.6 is 0 Å². The number of rotatable bonds is 4. The summed E-state index contributed by atoms with van der Waals surface area (Å²) in [6, 6.07) is 2.21. The molecule has 1 heterocycles. The predicted octanol–water partition coefficient (Wildman–Crippen LogP) is 2.58. The van der Waals surface area contributed by atoms with Crippen molar-refractivity contribution < 1.29 is 13.9 Å². The maximum Gasteiger partial charge on any atom is 0.187 e. The number of aromatic nitrogens is 2. The number of benzene rings is 1. The van der Waals surface area contributed by atoms with Crippen LogP contribution in [0.1, 0.15) is 18.2 Å². The van der Waals surface area contributed by atoms with E-state index in [0.717, 1.165) is 29.9 Å².